The van der Waals surface area contributed by atoms with Crippen LogP contribution in [0, 0.1) is 0 Å². The van der Waals surface area contributed by atoms with Crippen LogP contribution in [0.1, 0.15) is 17.4 Å². The Bertz CT molecular complexity index is 513. The maximum Gasteiger partial charge on any atom is 0.124 e. The van der Waals surface area contributed by atoms with Gasteiger partial charge in [-0.15, -0.1) is 11.3 Å². The van der Waals surface area contributed by atoms with Gasteiger partial charge in [-0.25, -0.2) is 0 Å². The quantitative estimate of drug-likeness (QED) is 0.865. The Morgan fingerprint density at radius 2 is 2.16 bits per heavy atom. The summed E-state index contributed by atoms with van der Waals surface area (Å²) in [4.78, 5) is 1.39. The van der Waals surface area contributed by atoms with Crippen LogP contribution in [0.3, 0.4) is 0 Å². The number of thiophene rings is 1. The first-order valence-corrected chi connectivity index (χ1v) is 7.53. The van der Waals surface area contributed by atoms with Crippen molar-refractivity contribution in [2.45, 2.75) is 25.9 Å². The molecular formula is C15H18ClNOS. The van der Waals surface area contributed by atoms with E-state index in [0.717, 1.165) is 29.3 Å². The fourth-order valence-corrected chi connectivity index (χ4v) is 3.05. The molecule has 0 fully saturated rings. The third-order valence-corrected chi connectivity index (χ3v) is 4.26. The summed E-state index contributed by atoms with van der Waals surface area (Å²) in [6.07, 6.45) is 1.03. The first-order chi connectivity index (χ1) is 9.20. The molecule has 2 aromatic rings. The molecule has 0 saturated carbocycles. The molecule has 1 unspecified atom stereocenters. The summed E-state index contributed by atoms with van der Waals surface area (Å²) in [5.74, 6) is 0.836. The molecule has 1 aromatic heterocycles. The predicted octanol–water partition coefficient (Wildman–Crippen LogP) is 4.13. The second-order valence-corrected chi connectivity index (χ2v) is 5.93. The van der Waals surface area contributed by atoms with Crippen molar-refractivity contribution in [1.82, 2.24) is 5.32 Å². The van der Waals surface area contributed by atoms with E-state index in [1.54, 1.807) is 18.4 Å². The number of benzene rings is 1. The molecule has 2 nitrogen and oxygen atoms in total. The van der Waals surface area contributed by atoms with Gasteiger partial charge in [-0.1, -0.05) is 23.7 Å². The van der Waals surface area contributed by atoms with Crippen LogP contribution in [0.2, 0.25) is 5.02 Å². The Morgan fingerprint density at radius 3 is 2.84 bits per heavy atom. The summed E-state index contributed by atoms with van der Waals surface area (Å²) in [7, 11) is 1.67. The molecule has 1 N–H and O–H groups in total. The van der Waals surface area contributed by atoms with Crippen molar-refractivity contribution in [2.24, 2.45) is 0 Å². The van der Waals surface area contributed by atoms with Crippen molar-refractivity contribution in [3.63, 3.8) is 0 Å². The van der Waals surface area contributed by atoms with Crippen LogP contribution in [0.5, 0.6) is 5.75 Å². The summed E-state index contributed by atoms with van der Waals surface area (Å²) in [6, 6.07) is 10.4. The van der Waals surface area contributed by atoms with E-state index in [-0.39, 0.29) is 0 Å². The van der Waals surface area contributed by atoms with Crippen molar-refractivity contribution in [3.8, 4) is 5.75 Å². The van der Waals surface area contributed by atoms with Gasteiger partial charge in [0.15, 0.2) is 0 Å². The van der Waals surface area contributed by atoms with Crippen molar-refractivity contribution in [3.05, 3.63) is 51.2 Å². The molecule has 102 valence electrons. The van der Waals surface area contributed by atoms with Crippen LogP contribution in [-0.2, 0) is 13.0 Å². The zero-order valence-electron chi connectivity index (χ0n) is 11.2. The highest BCUT2D eigenvalue weighted by atomic mass is 35.5. The SMILES string of the molecule is COc1cccc(Cl)c1CNC(C)Cc1cccs1. The van der Waals surface area contributed by atoms with Gasteiger partial charge in [0.05, 0.1) is 7.11 Å². The van der Waals surface area contributed by atoms with Gasteiger partial charge in [0.1, 0.15) is 5.75 Å². The molecule has 0 amide bonds. The first kappa shape index (κ1) is 14.4. The smallest absolute Gasteiger partial charge is 0.124 e. The van der Waals surface area contributed by atoms with Gasteiger partial charge < -0.3 is 10.1 Å². The van der Waals surface area contributed by atoms with Crippen LogP contribution in [0.4, 0.5) is 0 Å². The number of halogens is 1. The minimum absolute atomic E-state index is 0.402. The normalized spacial score (nSPS) is 12.4. The fourth-order valence-electron chi connectivity index (χ4n) is 1.98. The summed E-state index contributed by atoms with van der Waals surface area (Å²) < 4.78 is 5.34. The van der Waals surface area contributed by atoms with E-state index < -0.39 is 0 Å². The van der Waals surface area contributed by atoms with Crippen LogP contribution in [-0.4, -0.2) is 13.2 Å². The molecule has 0 saturated heterocycles. The lowest BCUT2D eigenvalue weighted by Crippen LogP contribution is -2.27. The largest absolute Gasteiger partial charge is 0.496 e. The van der Waals surface area contributed by atoms with E-state index >= 15 is 0 Å². The molecule has 1 atom stereocenters. The minimum Gasteiger partial charge on any atom is -0.496 e. The van der Waals surface area contributed by atoms with Crippen molar-refractivity contribution < 1.29 is 4.74 Å². The Hall–Kier alpha value is -1.03. The predicted molar refractivity (Wildman–Crippen MR) is 82.3 cm³/mol. The average Bonchev–Trinajstić information content (AvgIpc) is 2.89. The second kappa shape index (κ2) is 6.94. The maximum absolute atomic E-state index is 6.22. The molecule has 2 rings (SSSR count). The van der Waals surface area contributed by atoms with Crippen LogP contribution < -0.4 is 10.1 Å². The number of hydrogen-bond acceptors (Lipinski definition) is 3. The van der Waals surface area contributed by atoms with Crippen LogP contribution in [0.15, 0.2) is 35.7 Å². The van der Waals surface area contributed by atoms with E-state index in [4.69, 9.17) is 16.3 Å². The van der Waals surface area contributed by atoms with Crippen molar-refractivity contribution in [1.29, 1.82) is 0 Å². The lowest BCUT2D eigenvalue weighted by Gasteiger charge is -2.15. The van der Waals surface area contributed by atoms with Gasteiger partial charge >= 0.3 is 0 Å². The standard InChI is InChI=1S/C15H18ClNOS/c1-11(9-12-5-4-8-19-12)17-10-13-14(16)6-3-7-15(13)18-2/h3-8,11,17H,9-10H2,1-2H3. The number of rotatable bonds is 6. The Morgan fingerprint density at radius 1 is 1.32 bits per heavy atom. The second-order valence-electron chi connectivity index (χ2n) is 4.49. The van der Waals surface area contributed by atoms with Crippen molar-refractivity contribution >= 4 is 22.9 Å². The molecule has 0 spiro atoms. The number of hydrogen-bond donors (Lipinski definition) is 1. The molecule has 0 radical (unpaired) electrons. The summed E-state index contributed by atoms with van der Waals surface area (Å²) in [5.41, 5.74) is 1.02. The molecular weight excluding hydrogens is 278 g/mol. The Labute approximate surface area is 123 Å². The third-order valence-electron chi connectivity index (χ3n) is 3.01. The highest BCUT2D eigenvalue weighted by Crippen LogP contribution is 2.26. The third kappa shape index (κ3) is 3.96. The molecule has 0 bridgehead atoms. The topological polar surface area (TPSA) is 21.3 Å². The van der Waals surface area contributed by atoms with Gasteiger partial charge in [-0.2, -0.15) is 0 Å². The monoisotopic (exact) mass is 295 g/mol. The van der Waals surface area contributed by atoms with Gasteiger partial charge in [-0.3, -0.25) is 0 Å². The van der Waals surface area contributed by atoms with E-state index in [9.17, 15) is 0 Å². The lowest BCUT2D eigenvalue weighted by molar-refractivity contribution is 0.405. The lowest BCUT2D eigenvalue weighted by atomic mass is 10.1. The molecule has 0 aliphatic heterocycles. The number of ether oxygens (including phenoxy) is 1. The van der Waals surface area contributed by atoms with Crippen molar-refractivity contribution in [2.75, 3.05) is 7.11 Å². The molecule has 4 heteroatoms. The van der Waals surface area contributed by atoms with E-state index in [1.165, 1.54) is 4.88 Å². The zero-order chi connectivity index (χ0) is 13.7. The highest BCUT2D eigenvalue weighted by Gasteiger charge is 2.09. The van der Waals surface area contributed by atoms with Crippen LogP contribution >= 0.6 is 22.9 Å². The van der Waals surface area contributed by atoms with Gasteiger partial charge in [0, 0.05) is 28.0 Å². The Kier molecular flexibility index (Phi) is 5.25. The zero-order valence-corrected chi connectivity index (χ0v) is 12.7. The molecule has 0 aliphatic rings. The van der Waals surface area contributed by atoms with E-state index in [1.807, 2.05) is 18.2 Å². The number of nitrogens with one attached hydrogen (secondary N) is 1. The maximum atomic E-state index is 6.22. The van der Waals surface area contributed by atoms with Gasteiger partial charge in [0.2, 0.25) is 0 Å². The van der Waals surface area contributed by atoms with Crippen LogP contribution in [0.25, 0.3) is 0 Å². The minimum atomic E-state index is 0.402. The van der Waals surface area contributed by atoms with Gasteiger partial charge in [-0.05, 0) is 36.9 Å². The summed E-state index contributed by atoms with van der Waals surface area (Å²) >= 11 is 8.01. The average molecular weight is 296 g/mol. The summed E-state index contributed by atoms with van der Waals surface area (Å²) in [6.45, 7) is 2.90. The Balaban J connectivity index is 1.95. The van der Waals surface area contributed by atoms with E-state index in [0.29, 0.717) is 6.04 Å². The molecule has 19 heavy (non-hydrogen) atoms. The molecule has 1 aromatic carbocycles. The molecule has 1 heterocycles. The highest BCUT2D eigenvalue weighted by molar-refractivity contribution is 7.09. The first-order valence-electron chi connectivity index (χ1n) is 6.28. The number of methoxy groups -OCH3 is 1. The molecule has 0 aliphatic carbocycles. The summed E-state index contributed by atoms with van der Waals surface area (Å²) in [5, 5.41) is 6.35. The van der Waals surface area contributed by atoms with Gasteiger partial charge in [0.25, 0.3) is 0 Å². The van der Waals surface area contributed by atoms with E-state index in [2.05, 4.69) is 29.8 Å². The fraction of sp³-hybridized carbons (Fsp3) is 0.333.